The lowest BCUT2D eigenvalue weighted by molar-refractivity contribution is -0.144. The summed E-state index contributed by atoms with van der Waals surface area (Å²) in [5.74, 6) is -1.19. The van der Waals surface area contributed by atoms with Crippen LogP contribution < -0.4 is 5.32 Å². The van der Waals surface area contributed by atoms with Crippen molar-refractivity contribution in [2.75, 3.05) is 44.6 Å². The molecule has 1 fully saturated rings. The van der Waals surface area contributed by atoms with Crippen molar-refractivity contribution in [2.24, 2.45) is 0 Å². The molecule has 0 aliphatic carbocycles. The Bertz CT molecular complexity index is 557. The molecule has 1 aliphatic heterocycles. The standard InChI is InChI=1S/C15H20ClN3O3/c1-11-12(16)3-2-4-13(11)17-14(21)15(22)19-7-5-18(6-8-19)9-10-20/h2-4,20H,5-10H2,1H3,(H,17,21). The molecule has 2 amide bonds. The first-order valence-electron chi connectivity index (χ1n) is 7.21. The van der Waals surface area contributed by atoms with E-state index in [1.807, 2.05) is 0 Å². The minimum atomic E-state index is -0.652. The Balaban J connectivity index is 1.93. The maximum Gasteiger partial charge on any atom is 0.313 e. The van der Waals surface area contributed by atoms with E-state index < -0.39 is 11.8 Å². The molecular weight excluding hydrogens is 306 g/mol. The number of amides is 2. The van der Waals surface area contributed by atoms with Crippen molar-refractivity contribution in [3.63, 3.8) is 0 Å². The number of halogens is 1. The highest BCUT2D eigenvalue weighted by atomic mass is 35.5. The van der Waals surface area contributed by atoms with Crippen molar-refractivity contribution in [2.45, 2.75) is 6.92 Å². The summed E-state index contributed by atoms with van der Waals surface area (Å²) < 4.78 is 0. The third-order valence-electron chi connectivity index (χ3n) is 3.79. The Hall–Kier alpha value is -1.63. The Kier molecular flexibility index (Phi) is 5.76. The van der Waals surface area contributed by atoms with Gasteiger partial charge in [-0.15, -0.1) is 0 Å². The van der Waals surface area contributed by atoms with Crippen molar-refractivity contribution < 1.29 is 14.7 Å². The number of benzene rings is 1. The zero-order chi connectivity index (χ0) is 16.1. The number of hydrogen-bond acceptors (Lipinski definition) is 4. The molecule has 0 bridgehead atoms. The van der Waals surface area contributed by atoms with Crippen molar-refractivity contribution in [1.82, 2.24) is 9.80 Å². The monoisotopic (exact) mass is 325 g/mol. The van der Waals surface area contributed by atoms with E-state index >= 15 is 0 Å². The third kappa shape index (κ3) is 3.97. The maximum absolute atomic E-state index is 12.2. The number of carbonyl (C=O) groups is 2. The van der Waals surface area contributed by atoms with Crippen molar-refractivity contribution in [3.05, 3.63) is 28.8 Å². The van der Waals surface area contributed by atoms with E-state index in [4.69, 9.17) is 16.7 Å². The van der Waals surface area contributed by atoms with Gasteiger partial charge in [0.05, 0.1) is 6.61 Å². The summed E-state index contributed by atoms with van der Waals surface area (Å²) in [5, 5.41) is 12.1. The number of aliphatic hydroxyl groups excluding tert-OH is 1. The first-order valence-corrected chi connectivity index (χ1v) is 7.59. The molecule has 7 heteroatoms. The van der Waals surface area contributed by atoms with Crippen LogP contribution >= 0.6 is 11.6 Å². The number of piperazine rings is 1. The van der Waals surface area contributed by atoms with Gasteiger partial charge in [-0.05, 0) is 24.6 Å². The van der Waals surface area contributed by atoms with Gasteiger partial charge in [0.15, 0.2) is 0 Å². The average Bonchev–Trinajstić information content (AvgIpc) is 2.52. The minimum absolute atomic E-state index is 0.0997. The highest BCUT2D eigenvalue weighted by Crippen LogP contribution is 2.22. The molecule has 1 aromatic rings. The van der Waals surface area contributed by atoms with E-state index in [1.165, 1.54) is 4.90 Å². The van der Waals surface area contributed by atoms with Crippen molar-refractivity contribution in [3.8, 4) is 0 Å². The Morgan fingerprint density at radius 3 is 2.59 bits per heavy atom. The van der Waals surface area contributed by atoms with Crippen molar-refractivity contribution in [1.29, 1.82) is 0 Å². The van der Waals surface area contributed by atoms with Crippen LogP contribution in [0.3, 0.4) is 0 Å². The third-order valence-corrected chi connectivity index (χ3v) is 4.20. The second-order valence-electron chi connectivity index (χ2n) is 5.22. The fourth-order valence-corrected chi connectivity index (χ4v) is 2.55. The van der Waals surface area contributed by atoms with E-state index in [1.54, 1.807) is 25.1 Å². The Labute approximate surface area is 134 Å². The quantitative estimate of drug-likeness (QED) is 0.803. The van der Waals surface area contributed by atoms with Crippen molar-refractivity contribution >= 4 is 29.1 Å². The molecule has 1 aromatic carbocycles. The largest absolute Gasteiger partial charge is 0.395 e. The second kappa shape index (κ2) is 7.58. The van der Waals surface area contributed by atoms with Gasteiger partial charge in [-0.25, -0.2) is 0 Å². The molecule has 22 heavy (non-hydrogen) atoms. The first kappa shape index (κ1) is 16.7. The summed E-state index contributed by atoms with van der Waals surface area (Å²) in [6, 6.07) is 5.17. The van der Waals surface area contributed by atoms with Gasteiger partial charge < -0.3 is 15.3 Å². The van der Waals surface area contributed by atoms with Crippen LogP contribution in [0.15, 0.2) is 18.2 Å². The molecule has 6 nitrogen and oxygen atoms in total. The average molecular weight is 326 g/mol. The predicted molar refractivity (Wildman–Crippen MR) is 84.9 cm³/mol. The summed E-state index contributed by atoms with van der Waals surface area (Å²) in [5.41, 5.74) is 1.28. The van der Waals surface area contributed by atoms with E-state index in [2.05, 4.69) is 10.2 Å². The number of nitrogens with zero attached hydrogens (tertiary/aromatic N) is 2. The molecule has 1 saturated heterocycles. The number of rotatable bonds is 3. The molecule has 120 valence electrons. The van der Waals surface area contributed by atoms with Gasteiger partial charge >= 0.3 is 11.8 Å². The molecule has 0 saturated carbocycles. The van der Waals surface area contributed by atoms with Crippen LogP contribution in [0.1, 0.15) is 5.56 Å². The van der Waals surface area contributed by atoms with E-state index in [0.717, 1.165) is 5.56 Å². The highest BCUT2D eigenvalue weighted by Gasteiger charge is 2.26. The summed E-state index contributed by atoms with van der Waals surface area (Å²) in [4.78, 5) is 27.8. The normalized spacial score (nSPS) is 15.7. The lowest BCUT2D eigenvalue weighted by Gasteiger charge is -2.33. The summed E-state index contributed by atoms with van der Waals surface area (Å²) in [6.07, 6.45) is 0. The molecule has 2 N–H and O–H groups in total. The smallest absolute Gasteiger partial charge is 0.313 e. The molecule has 0 spiro atoms. The number of anilines is 1. The number of carbonyl (C=O) groups excluding carboxylic acids is 2. The van der Waals surface area contributed by atoms with Crippen LogP contribution in [0.5, 0.6) is 0 Å². The molecule has 1 aliphatic rings. The topological polar surface area (TPSA) is 72.9 Å². The van der Waals surface area contributed by atoms with E-state index in [0.29, 0.717) is 43.4 Å². The van der Waals surface area contributed by atoms with Crippen LogP contribution in [0, 0.1) is 6.92 Å². The molecule has 0 radical (unpaired) electrons. The SMILES string of the molecule is Cc1c(Cl)cccc1NC(=O)C(=O)N1CCN(CCO)CC1. The zero-order valence-corrected chi connectivity index (χ0v) is 13.3. The predicted octanol–water partition coefficient (Wildman–Crippen LogP) is 0.723. The number of nitrogens with one attached hydrogen (secondary N) is 1. The zero-order valence-electron chi connectivity index (χ0n) is 12.5. The summed E-state index contributed by atoms with van der Waals surface area (Å²) in [6.45, 7) is 4.78. The number of β-amino-alcohol motifs (C(OH)–C–C–N with tert-alkyl or cyclic N) is 1. The van der Waals surface area contributed by atoms with Gasteiger partial charge in [-0.3, -0.25) is 14.5 Å². The van der Waals surface area contributed by atoms with Gasteiger partial charge in [0.25, 0.3) is 0 Å². The highest BCUT2D eigenvalue weighted by molar-refractivity contribution is 6.40. The fourth-order valence-electron chi connectivity index (χ4n) is 2.38. The van der Waals surface area contributed by atoms with Gasteiger partial charge in [0.1, 0.15) is 0 Å². The van der Waals surface area contributed by atoms with E-state index in [-0.39, 0.29) is 6.61 Å². The Morgan fingerprint density at radius 2 is 1.95 bits per heavy atom. The lowest BCUT2D eigenvalue weighted by atomic mass is 10.2. The molecule has 0 aromatic heterocycles. The van der Waals surface area contributed by atoms with Crippen LogP contribution in [-0.4, -0.2) is 66.1 Å². The summed E-state index contributed by atoms with van der Waals surface area (Å²) in [7, 11) is 0. The van der Waals surface area contributed by atoms with Gasteiger partial charge in [0, 0.05) is 43.4 Å². The van der Waals surface area contributed by atoms with Crippen LogP contribution in [0.4, 0.5) is 5.69 Å². The maximum atomic E-state index is 12.2. The second-order valence-corrected chi connectivity index (χ2v) is 5.63. The molecule has 1 heterocycles. The van der Waals surface area contributed by atoms with Crippen LogP contribution in [0.2, 0.25) is 5.02 Å². The molecule has 0 atom stereocenters. The lowest BCUT2D eigenvalue weighted by Crippen LogP contribution is -2.52. The number of aliphatic hydroxyl groups is 1. The van der Waals surface area contributed by atoms with E-state index in [9.17, 15) is 9.59 Å². The van der Waals surface area contributed by atoms with Crippen LogP contribution in [0.25, 0.3) is 0 Å². The molecule has 2 rings (SSSR count). The van der Waals surface area contributed by atoms with Gasteiger partial charge in [-0.1, -0.05) is 17.7 Å². The van der Waals surface area contributed by atoms with Gasteiger partial charge in [-0.2, -0.15) is 0 Å². The van der Waals surface area contributed by atoms with Crippen LogP contribution in [-0.2, 0) is 9.59 Å². The number of hydrogen-bond donors (Lipinski definition) is 2. The fraction of sp³-hybridized carbons (Fsp3) is 0.467. The summed E-state index contributed by atoms with van der Waals surface area (Å²) >= 11 is 6.00. The first-order chi connectivity index (χ1) is 10.5. The Morgan fingerprint density at radius 1 is 1.27 bits per heavy atom. The van der Waals surface area contributed by atoms with Gasteiger partial charge in [0.2, 0.25) is 0 Å². The molecular formula is C15H20ClN3O3. The minimum Gasteiger partial charge on any atom is -0.395 e. The molecule has 0 unspecified atom stereocenters.